The molecule has 0 radical (unpaired) electrons. The van der Waals surface area contributed by atoms with Gasteiger partial charge in [-0.05, 0) is 23.6 Å². The van der Waals surface area contributed by atoms with Gasteiger partial charge in [0, 0.05) is 0 Å². The van der Waals surface area contributed by atoms with Crippen LogP contribution in [0.1, 0.15) is 10.4 Å². The van der Waals surface area contributed by atoms with Crippen LogP contribution in [0.3, 0.4) is 0 Å². The molecule has 0 atom stereocenters. The summed E-state index contributed by atoms with van der Waals surface area (Å²) in [5, 5.41) is 13.7. The summed E-state index contributed by atoms with van der Waals surface area (Å²) in [6.07, 6.45) is 0. The van der Waals surface area contributed by atoms with Gasteiger partial charge in [-0.2, -0.15) is 0 Å². The van der Waals surface area contributed by atoms with Crippen LogP contribution < -0.4 is 15.0 Å². The maximum atomic E-state index is 12.4. The van der Waals surface area contributed by atoms with Crippen LogP contribution in [0.25, 0.3) is 0 Å². The summed E-state index contributed by atoms with van der Waals surface area (Å²) in [6, 6.07) is 8.35. The number of benzene rings is 1. The van der Waals surface area contributed by atoms with Crippen LogP contribution in [-0.2, 0) is 0 Å². The van der Waals surface area contributed by atoms with Crippen molar-refractivity contribution >= 4 is 34.0 Å². The Kier molecular flexibility index (Phi) is 3.49. The second kappa shape index (κ2) is 5.45. The Balaban J connectivity index is 1.84. The molecule has 1 aromatic heterocycles. The molecule has 1 aromatic carbocycles. The lowest BCUT2D eigenvalue weighted by Crippen LogP contribution is -2.40. The number of aromatic carboxylic acids is 1. The number of hydrogen-bond donors (Lipinski definition) is 2. The van der Waals surface area contributed by atoms with Crippen LogP contribution in [0.4, 0.5) is 15.5 Å². The molecule has 0 fully saturated rings. The number of carboxylic acids is 1. The van der Waals surface area contributed by atoms with Crippen molar-refractivity contribution < 1.29 is 19.4 Å². The minimum absolute atomic E-state index is 0.0925. The van der Waals surface area contributed by atoms with E-state index in [0.29, 0.717) is 29.6 Å². The van der Waals surface area contributed by atoms with E-state index in [1.807, 2.05) is 12.1 Å². The van der Waals surface area contributed by atoms with Gasteiger partial charge in [0.1, 0.15) is 17.4 Å². The molecule has 1 aliphatic heterocycles. The second-order valence-electron chi connectivity index (χ2n) is 4.37. The number of thiophene rings is 1. The molecule has 1 aliphatic rings. The van der Waals surface area contributed by atoms with E-state index in [2.05, 4.69) is 5.32 Å². The topological polar surface area (TPSA) is 78.9 Å². The number of carbonyl (C=O) groups excluding carboxylic acids is 1. The van der Waals surface area contributed by atoms with E-state index < -0.39 is 5.97 Å². The molecular weight excluding hydrogens is 292 g/mol. The van der Waals surface area contributed by atoms with Gasteiger partial charge >= 0.3 is 12.0 Å². The van der Waals surface area contributed by atoms with Gasteiger partial charge in [0.2, 0.25) is 0 Å². The number of anilines is 2. The molecule has 0 bridgehead atoms. The average molecular weight is 304 g/mol. The fraction of sp³-hybridized carbons (Fsp3) is 0.143. The molecule has 2 amide bonds. The average Bonchev–Trinajstić information content (AvgIpc) is 2.95. The zero-order chi connectivity index (χ0) is 14.8. The number of amides is 2. The third-order valence-corrected chi connectivity index (χ3v) is 3.92. The minimum atomic E-state index is -1.06. The van der Waals surface area contributed by atoms with Gasteiger partial charge < -0.3 is 9.84 Å². The standard InChI is InChI=1S/C14H12N2O4S/c17-13(18)9-5-8-21-12(9)15-14(19)16-6-7-20-11-4-2-1-3-10(11)16/h1-5,8H,6-7H2,(H,15,19)(H,17,18). The zero-order valence-corrected chi connectivity index (χ0v) is 11.7. The third-order valence-electron chi connectivity index (χ3n) is 3.09. The Morgan fingerprint density at radius 3 is 2.90 bits per heavy atom. The van der Waals surface area contributed by atoms with E-state index in [0.717, 1.165) is 0 Å². The van der Waals surface area contributed by atoms with Gasteiger partial charge in [-0.3, -0.25) is 10.2 Å². The van der Waals surface area contributed by atoms with E-state index in [1.165, 1.54) is 17.4 Å². The van der Waals surface area contributed by atoms with E-state index in [1.54, 1.807) is 22.4 Å². The van der Waals surface area contributed by atoms with Crippen molar-refractivity contribution in [2.45, 2.75) is 0 Å². The molecule has 0 saturated heterocycles. The summed E-state index contributed by atoms with van der Waals surface area (Å²) < 4.78 is 5.49. The number of urea groups is 1. The number of nitrogens with zero attached hydrogens (tertiary/aromatic N) is 1. The number of fused-ring (bicyclic) bond motifs is 1. The van der Waals surface area contributed by atoms with E-state index in [4.69, 9.17) is 9.84 Å². The summed E-state index contributed by atoms with van der Waals surface area (Å²) in [6.45, 7) is 0.817. The highest BCUT2D eigenvalue weighted by atomic mass is 32.1. The van der Waals surface area contributed by atoms with Crippen molar-refractivity contribution in [3.05, 3.63) is 41.3 Å². The maximum Gasteiger partial charge on any atom is 0.338 e. The highest BCUT2D eigenvalue weighted by Gasteiger charge is 2.24. The molecule has 2 aromatic rings. The zero-order valence-electron chi connectivity index (χ0n) is 10.9. The Bertz CT molecular complexity index is 698. The highest BCUT2D eigenvalue weighted by Crippen LogP contribution is 2.32. The monoisotopic (exact) mass is 304 g/mol. The summed E-state index contributed by atoms with van der Waals surface area (Å²) in [5.41, 5.74) is 0.768. The van der Waals surface area contributed by atoms with Crippen molar-refractivity contribution in [3.8, 4) is 5.75 Å². The first-order valence-corrected chi connectivity index (χ1v) is 7.16. The number of ether oxygens (including phenoxy) is 1. The van der Waals surface area contributed by atoms with Gasteiger partial charge in [0.05, 0.1) is 17.8 Å². The number of carbonyl (C=O) groups is 2. The summed E-state index contributed by atoms with van der Waals surface area (Å²) in [5.74, 6) is -0.419. The quantitative estimate of drug-likeness (QED) is 0.894. The predicted molar refractivity (Wildman–Crippen MR) is 79.6 cm³/mol. The second-order valence-corrected chi connectivity index (χ2v) is 5.28. The lowest BCUT2D eigenvalue weighted by atomic mass is 10.2. The first kappa shape index (κ1) is 13.4. The molecule has 0 saturated carbocycles. The van der Waals surface area contributed by atoms with Crippen LogP contribution in [0, 0.1) is 0 Å². The first-order chi connectivity index (χ1) is 10.2. The van der Waals surface area contributed by atoms with E-state index >= 15 is 0 Å². The molecule has 0 unspecified atom stereocenters. The smallest absolute Gasteiger partial charge is 0.338 e. The SMILES string of the molecule is O=C(O)c1ccsc1NC(=O)N1CCOc2ccccc21. The molecule has 3 rings (SSSR count). The summed E-state index contributed by atoms with van der Waals surface area (Å²) >= 11 is 1.18. The summed E-state index contributed by atoms with van der Waals surface area (Å²) in [4.78, 5) is 25.0. The lowest BCUT2D eigenvalue weighted by Gasteiger charge is -2.29. The number of hydrogen-bond acceptors (Lipinski definition) is 4. The molecule has 21 heavy (non-hydrogen) atoms. The van der Waals surface area contributed by atoms with Crippen LogP contribution in [-0.4, -0.2) is 30.3 Å². The van der Waals surface area contributed by atoms with Crippen LogP contribution in [0.15, 0.2) is 35.7 Å². The fourth-order valence-electron chi connectivity index (χ4n) is 2.12. The first-order valence-electron chi connectivity index (χ1n) is 6.28. The molecular formula is C14H12N2O4S. The molecule has 0 aliphatic carbocycles. The molecule has 2 heterocycles. The molecule has 7 heteroatoms. The number of nitrogens with one attached hydrogen (secondary N) is 1. The molecule has 108 valence electrons. The number of para-hydroxylation sites is 2. The molecule has 6 nitrogen and oxygen atoms in total. The van der Waals surface area contributed by atoms with Gasteiger partial charge in [-0.1, -0.05) is 12.1 Å². The van der Waals surface area contributed by atoms with Crippen molar-refractivity contribution in [2.75, 3.05) is 23.4 Å². The third kappa shape index (κ3) is 2.55. The normalized spacial score (nSPS) is 13.2. The Morgan fingerprint density at radius 2 is 2.10 bits per heavy atom. The van der Waals surface area contributed by atoms with Crippen molar-refractivity contribution in [2.24, 2.45) is 0 Å². The maximum absolute atomic E-state index is 12.4. The van der Waals surface area contributed by atoms with E-state index in [-0.39, 0.29) is 11.6 Å². The van der Waals surface area contributed by atoms with Crippen molar-refractivity contribution in [1.82, 2.24) is 0 Å². The van der Waals surface area contributed by atoms with Crippen LogP contribution in [0.5, 0.6) is 5.75 Å². The molecule has 2 N–H and O–H groups in total. The van der Waals surface area contributed by atoms with Crippen LogP contribution in [0.2, 0.25) is 0 Å². The van der Waals surface area contributed by atoms with Gasteiger partial charge in [0.15, 0.2) is 0 Å². The number of rotatable bonds is 2. The van der Waals surface area contributed by atoms with Crippen molar-refractivity contribution in [1.29, 1.82) is 0 Å². The Hall–Kier alpha value is -2.54. The predicted octanol–water partition coefficient (Wildman–Crippen LogP) is 2.88. The molecule has 0 spiro atoms. The summed E-state index contributed by atoms with van der Waals surface area (Å²) in [7, 11) is 0. The van der Waals surface area contributed by atoms with Crippen LogP contribution >= 0.6 is 11.3 Å². The fourth-order valence-corrected chi connectivity index (χ4v) is 2.89. The van der Waals surface area contributed by atoms with Crippen molar-refractivity contribution in [3.63, 3.8) is 0 Å². The Labute approximate surface area is 124 Å². The minimum Gasteiger partial charge on any atom is -0.490 e. The number of carboxylic acid groups (broad SMARTS) is 1. The van der Waals surface area contributed by atoms with Gasteiger partial charge in [0.25, 0.3) is 0 Å². The largest absolute Gasteiger partial charge is 0.490 e. The lowest BCUT2D eigenvalue weighted by molar-refractivity contribution is 0.0698. The van der Waals surface area contributed by atoms with Gasteiger partial charge in [-0.15, -0.1) is 11.3 Å². The Morgan fingerprint density at radius 1 is 1.29 bits per heavy atom. The highest BCUT2D eigenvalue weighted by molar-refractivity contribution is 7.14. The van der Waals surface area contributed by atoms with E-state index in [9.17, 15) is 9.59 Å². The van der Waals surface area contributed by atoms with Gasteiger partial charge in [-0.25, -0.2) is 9.59 Å².